The van der Waals surface area contributed by atoms with Crippen LogP contribution in [0.15, 0.2) is 51.7 Å². The van der Waals surface area contributed by atoms with Gasteiger partial charge in [-0.15, -0.1) is 11.3 Å². The summed E-state index contributed by atoms with van der Waals surface area (Å²) in [6.45, 7) is 0.0576. The van der Waals surface area contributed by atoms with Gasteiger partial charge >= 0.3 is 0 Å². The second kappa shape index (κ2) is 6.75. The lowest BCUT2D eigenvalue weighted by atomic mass is 10.2. The number of aromatic nitrogens is 2. The number of benzene rings is 1. The van der Waals surface area contributed by atoms with E-state index in [1.165, 1.54) is 34.4 Å². The van der Waals surface area contributed by atoms with Crippen molar-refractivity contribution < 1.29 is 13.2 Å². The van der Waals surface area contributed by atoms with Crippen LogP contribution < -0.4 is 16.0 Å². The van der Waals surface area contributed by atoms with Gasteiger partial charge in [0.25, 0.3) is 5.56 Å². The molecule has 8 nitrogen and oxygen atoms in total. The van der Waals surface area contributed by atoms with Crippen molar-refractivity contribution in [1.82, 2.24) is 14.9 Å². The van der Waals surface area contributed by atoms with Crippen molar-refractivity contribution in [3.8, 4) is 0 Å². The van der Waals surface area contributed by atoms with E-state index in [0.717, 1.165) is 0 Å². The predicted molar refractivity (Wildman–Crippen MR) is 93.5 cm³/mol. The topological polar surface area (TPSA) is 124 Å². The number of nitrogens with zero attached hydrogens (tertiary/aromatic N) is 2. The van der Waals surface area contributed by atoms with Gasteiger partial charge in [-0.05, 0) is 29.1 Å². The lowest BCUT2D eigenvalue weighted by molar-refractivity contribution is -0.121. The van der Waals surface area contributed by atoms with Gasteiger partial charge in [0.05, 0.1) is 16.7 Å². The molecular weight excluding hydrogens is 364 g/mol. The molecule has 0 aliphatic carbocycles. The summed E-state index contributed by atoms with van der Waals surface area (Å²) in [6, 6.07) is 7.61. The zero-order valence-corrected chi connectivity index (χ0v) is 14.5. The fourth-order valence-corrected chi connectivity index (χ4v) is 3.51. The number of sulfonamides is 1. The number of nitrogens with two attached hydrogens (primary N) is 1. The van der Waals surface area contributed by atoms with E-state index in [-0.39, 0.29) is 29.5 Å². The van der Waals surface area contributed by atoms with Gasteiger partial charge in [-0.3, -0.25) is 14.2 Å². The van der Waals surface area contributed by atoms with Crippen molar-refractivity contribution in [3.05, 3.63) is 58.0 Å². The van der Waals surface area contributed by atoms with E-state index in [0.29, 0.717) is 15.8 Å². The van der Waals surface area contributed by atoms with Gasteiger partial charge in [0.1, 0.15) is 11.2 Å². The van der Waals surface area contributed by atoms with Crippen LogP contribution >= 0.6 is 11.3 Å². The number of carbonyl (C=O) groups excluding carboxylic acids is 1. The molecule has 0 saturated heterocycles. The lowest BCUT2D eigenvalue weighted by Gasteiger charge is -2.08. The summed E-state index contributed by atoms with van der Waals surface area (Å²) >= 11 is 1.28. The molecule has 25 heavy (non-hydrogen) atoms. The van der Waals surface area contributed by atoms with Crippen LogP contribution in [-0.2, 0) is 27.9 Å². The van der Waals surface area contributed by atoms with Gasteiger partial charge in [0.2, 0.25) is 15.9 Å². The van der Waals surface area contributed by atoms with E-state index < -0.39 is 10.0 Å². The molecule has 3 N–H and O–H groups in total. The average molecular weight is 378 g/mol. The molecule has 3 rings (SSSR count). The monoisotopic (exact) mass is 378 g/mol. The molecule has 0 unspecified atom stereocenters. The minimum atomic E-state index is -3.74. The summed E-state index contributed by atoms with van der Waals surface area (Å²) in [5.74, 6) is -0.352. The molecule has 0 aliphatic heterocycles. The van der Waals surface area contributed by atoms with Crippen molar-refractivity contribution in [3.63, 3.8) is 0 Å². The molecule has 0 aliphatic rings. The van der Waals surface area contributed by atoms with Crippen LogP contribution in [0.25, 0.3) is 10.2 Å². The lowest BCUT2D eigenvalue weighted by Crippen LogP contribution is -2.31. The fraction of sp³-hybridized carbons (Fsp3) is 0.133. The third kappa shape index (κ3) is 3.92. The van der Waals surface area contributed by atoms with Crippen LogP contribution in [0.3, 0.4) is 0 Å². The normalized spacial score (nSPS) is 11.6. The Morgan fingerprint density at radius 2 is 1.96 bits per heavy atom. The largest absolute Gasteiger partial charge is 0.350 e. The molecule has 2 heterocycles. The molecule has 0 saturated carbocycles. The maximum atomic E-state index is 12.2. The summed E-state index contributed by atoms with van der Waals surface area (Å²) in [6.07, 6.45) is 1.35. The second-order valence-corrected chi connectivity index (χ2v) is 7.76. The first kappa shape index (κ1) is 17.3. The highest BCUT2D eigenvalue weighted by Crippen LogP contribution is 2.13. The van der Waals surface area contributed by atoms with Crippen molar-refractivity contribution in [2.24, 2.45) is 5.14 Å². The number of fused-ring (bicyclic) bond motifs is 1. The summed E-state index contributed by atoms with van der Waals surface area (Å²) in [4.78, 5) is 28.4. The number of primary sulfonamides is 1. The van der Waals surface area contributed by atoms with Crippen LogP contribution in [0.2, 0.25) is 0 Å². The molecule has 0 bridgehead atoms. The molecule has 10 heteroatoms. The van der Waals surface area contributed by atoms with Gasteiger partial charge in [-0.25, -0.2) is 18.5 Å². The molecule has 0 radical (unpaired) electrons. The zero-order valence-electron chi connectivity index (χ0n) is 12.9. The van der Waals surface area contributed by atoms with Crippen LogP contribution in [0, 0.1) is 0 Å². The van der Waals surface area contributed by atoms with Crippen molar-refractivity contribution in [1.29, 1.82) is 0 Å². The number of nitrogens with one attached hydrogen (secondary N) is 1. The van der Waals surface area contributed by atoms with E-state index in [2.05, 4.69) is 10.3 Å². The molecular formula is C15H14N4O4S2. The van der Waals surface area contributed by atoms with Crippen molar-refractivity contribution in [2.45, 2.75) is 18.0 Å². The third-order valence-corrected chi connectivity index (χ3v) is 5.31. The minimum absolute atomic E-state index is 0.00412. The summed E-state index contributed by atoms with van der Waals surface area (Å²) in [5, 5.41) is 9.47. The maximum Gasteiger partial charge on any atom is 0.271 e. The van der Waals surface area contributed by atoms with Crippen LogP contribution in [-0.4, -0.2) is 23.9 Å². The molecule has 0 spiro atoms. The van der Waals surface area contributed by atoms with Crippen LogP contribution in [0.5, 0.6) is 0 Å². The Kier molecular flexibility index (Phi) is 4.66. The highest BCUT2D eigenvalue weighted by atomic mass is 32.2. The van der Waals surface area contributed by atoms with Gasteiger partial charge in [0, 0.05) is 6.54 Å². The first-order valence-electron chi connectivity index (χ1n) is 7.16. The molecule has 3 aromatic rings. The van der Waals surface area contributed by atoms with E-state index in [9.17, 15) is 18.0 Å². The van der Waals surface area contributed by atoms with Crippen LogP contribution in [0.1, 0.15) is 5.56 Å². The minimum Gasteiger partial charge on any atom is -0.350 e. The number of rotatable bonds is 5. The Bertz CT molecular complexity index is 1080. The summed E-state index contributed by atoms with van der Waals surface area (Å²) in [7, 11) is -3.74. The number of carbonyl (C=O) groups is 1. The molecule has 0 atom stereocenters. The summed E-state index contributed by atoms with van der Waals surface area (Å²) in [5.41, 5.74) is 1.06. The highest BCUT2D eigenvalue weighted by Gasteiger charge is 2.10. The van der Waals surface area contributed by atoms with Gasteiger partial charge in [-0.1, -0.05) is 12.1 Å². The van der Waals surface area contributed by atoms with Gasteiger partial charge in [0.15, 0.2) is 0 Å². The number of hydrogen-bond donors (Lipinski definition) is 2. The zero-order chi connectivity index (χ0) is 18.0. The molecule has 1 aromatic carbocycles. The predicted octanol–water partition coefficient (Wildman–Crippen LogP) is 0.422. The first-order chi connectivity index (χ1) is 11.8. The number of thiophene rings is 1. The standard InChI is InChI=1S/C15H14N4O4S2/c16-25(22,23)11-3-1-10(2-4-11)7-17-13(20)8-19-9-18-12-5-6-24-14(12)15(19)21/h1-6,9H,7-8H2,(H,17,20)(H2,16,22,23). The Hall–Kier alpha value is -2.56. The Labute approximate surface area is 147 Å². The highest BCUT2D eigenvalue weighted by molar-refractivity contribution is 7.89. The number of amides is 1. The van der Waals surface area contributed by atoms with Crippen LogP contribution in [0.4, 0.5) is 0 Å². The van der Waals surface area contributed by atoms with E-state index in [4.69, 9.17) is 5.14 Å². The Morgan fingerprint density at radius 1 is 1.24 bits per heavy atom. The quantitative estimate of drug-likeness (QED) is 0.666. The van der Waals surface area contributed by atoms with Gasteiger partial charge in [-0.2, -0.15) is 0 Å². The van der Waals surface area contributed by atoms with Crippen molar-refractivity contribution in [2.75, 3.05) is 0 Å². The van der Waals surface area contributed by atoms with E-state index >= 15 is 0 Å². The SMILES string of the molecule is NS(=O)(=O)c1ccc(CNC(=O)Cn2cnc3ccsc3c2=O)cc1. The average Bonchev–Trinajstić information content (AvgIpc) is 3.05. The second-order valence-electron chi connectivity index (χ2n) is 5.28. The van der Waals surface area contributed by atoms with E-state index in [1.807, 2.05) is 0 Å². The molecule has 0 fully saturated rings. The third-order valence-electron chi connectivity index (χ3n) is 3.49. The fourth-order valence-electron chi connectivity index (χ4n) is 2.20. The van der Waals surface area contributed by atoms with E-state index in [1.54, 1.807) is 23.6 Å². The molecule has 1 amide bonds. The van der Waals surface area contributed by atoms with Gasteiger partial charge < -0.3 is 5.32 Å². The smallest absolute Gasteiger partial charge is 0.271 e. The Balaban J connectivity index is 1.64. The first-order valence-corrected chi connectivity index (χ1v) is 9.58. The molecule has 130 valence electrons. The maximum absolute atomic E-state index is 12.2. The molecule has 2 aromatic heterocycles. The number of hydrogen-bond acceptors (Lipinski definition) is 6. The summed E-state index contributed by atoms with van der Waals surface area (Å²) < 4.78 is 24.1. The Morgan fingerprint density at radius 3 is 2.64 bits per heavy atom. The van der Waals surface area contributed by atoms with Crippen molar-refractivity contribution >= 4 is 37.5 Å².